The summed E-state index contributed by atoms with van der Waals surface area (Å²) in [4.78, 5) is 22.4. The second kappa shape index (κ2) is 8.76. The van der Waals surface area contributed by atoms with E-state index >= 15 is 0 Å². The zero-order valence-corrected chi connectivity index (χ0v) is 11.4. The van der Waals surface area contributed by atoms with Gasteiger partial charge in [-0.1, -0.05) is 17.6 Å². The van der Waals surface area contributed by atoms with Gasteiger partial charge in [0.15, 0.2) is 0 Å². The third kappa shape index (κ3) is 7.61. The van der Waals surface area contributed by atoms with Crippen LogP contribution in [0.1, 0.15) is 27.2 Å². The number of allylic oxidation sites excluding steroid dienone is 5. The van der Waals surface area contributed by atoms with Gasteiger partial charge >= 0.3 is 11.9 Å². The molecule has 102 valence electrons. The van der Waals surface area contributed by atoms with Gasteiger partial charge < -0.3 is 9.84 Å². The van der Waals surface area contributed by atoms with Crippen molar-refractivity contribution in [2.24, 2.45) is 0 Å². The second-order valence-corrected chi connectivity index (χ2v) is 3.99. The van der Waals surface area contributed by atoms with E-state index in [1.54, 1.807) is 13.0 Å². The molecule has 4 heteroatoms. The van der Waals surface area contributed by atoms with E-state index in [4.69, 9.17) is 16.3 Å². The molecule has 0 fully saturated rings. The van der Waals surface area contributed by atoms with Crippen LogP contribution in [-0.2, 0) is 14.3 Å². The Morgan fingerprint density at radius 1 is 1.32 bits per heavy atom. The molecule has 4 nitrogen and oxygen atoms in total. The van der Waals surface area contributed by atoms with Crippen LogP contribution in [0.25, 0.3) is 0 Å². The first kappa shape index (κ1) is 16.7. The minimum Gasteiger partial charge on any atom is -0.481 e. The zero-order valence-electron chi connectivity index (χ0n) is 11.4. The molecule has 0 saturated carbocycles. The van der Waals surface area contributed by atoms with Gasteiger partial charge in [0.1, 0.15) is 0 Å². The standard InChI is InChI=1S/C15H18O4/c1-5-7-12(8-11(3)4)9-13(10-14(16)17)15(18)19-6-2/h1,7-9H,6,10H2,2-4H3,(H,16,17)/b12-7+,13-9+. The van der Waals surface area contributed by atoms with Gasteiger partial charge in [-0.15, -0.1) is 6.42 Å². The predicted molar refractivity (Wildman–Crippen MR) is 73.3 cm³/mol. The molecule has 0 heterocycles. The number of esters is 1. The predicted octanol–water partition coefficient (Wildman–Crippen LogP) is 2.48. The number of hydrogen-bond donors (Lipinski definition) is 1. The van der Waals surface area contributed by atoms with E-state index in [0.717, 1.165) is 5.57 Å². The molecule has 19 heavy (non-hydrogen) atoms. The minimum atomic E-state index is -1.10. The zero-order chi connectivity index (χ0) is 14.8. The highest BCUT2D eigenvalue weighted by molar-refractivity contribution is 5.94. The lowest BCUT2D eigenvalue weighted by Crippen LogP contribution is -2.11. The summed E-state index contributed by atoms with van der Waals surface area (Å²) in [7, 11) is 0. The lowest BCUT2D eigenvalue weighted by Gasteiger charge is -2.05. The SMILES string of the molecule is C#C/C=C(C=C(C)C)/C=C(\CC(=O)O)C(=O)OCC. The average molecular weight is 262 g/mol. The summed E-state index contributed by atoms with van der Waals surface area (Å²) in [5.74, 6) is 0.608. The molecule has 0 rings (SSSR count). The molecule has 0 atom stereocenters. The molecular formula is C15H18O4. The van der Waals surface area contributed by atoms with E-state index in [0.29, 0.717) is 5.57 Å². The number of carbonyl (C=O) groups is 2. The van der Waals surface area contributed by atoms with Gasteiger partial charge in [-0.3, -0.25) is 4.79 Å². The molecule has 0 amide bonds. The number of carbonyl (C=O) groups excluding carboxylic acids is 1. The van der Waals surface area contributed by atoms with Crippen molar-refractivity contribution in [2.75, 3.05) is 6.61 Å². The maximum Gasteiger partial charge on any atom is 0.334 e. The first-order valence-electron chi connectivity index (χ1n) is 5.81. The van der Waals surface area contributed by atoms with Crippen LogP contribution in [0.15, 0.2) is 34.9 Å². The third-order valence-electron chi connectivity index (χ3n) is 1.93. The summed E-state index contributed by atoms with van der Waals surface area (Å²) >= 11 is 0. The fourth-order valence-electron chi connectivity index (χ4n) is 1.32. The Kier molecular flexibility index (Phi) is 7.71. The van der Waals surface area contributed by atoms with Gasteiger partial charge in [0, 0.05) is 5.57 Å². The Bertz CT molecular complexity index is 469. The van der Waals surface area contributed by atoms with E-state index in [1.165, 1.54) is 12.2 Å². The van der Waals surface area contributed by atoms with Crippen LogP contribution in [0.4, 0.5) is 0 Å². The normalized spacial score (nSPS) is 11.5. The lowest BCUT2D eigenvalue weighted by atomic mass is 10.1. The van der Waals surface area contributed by atoms with Crippen LogP contribution in [0.5, 0.6) is 0 Å². The van der Waals surface area contributed by atoms with Gasteiger partial charge in [0.05, 0.1) is 13.0 Å². The maximum atomic E-state index is 11.7. The van der Waals surface area contributed by atoms with Gasteiger partial charge in [-0.05, 0) is 38.5 Å². The molecule has 0 aliphatic carbocycles. The van der Waals surface area contributed by atoms with Crippen molar-refractivity contribution in [3.63, 3.8) is 0 Å². The van der Waals surface area contributed by atoms with Crippen LogP contribution in [0.3, 0.4) is 0 Å². The highest BCUT2D eigenvalue weighted by atomic mass is 16.5. The molecule has 0 unspecified atom stereocenters. The number of carboxylic acid groups (broad SMARTS) is 1. The molecule has 1 N–H and O–H groups in total. The van der Waals surface area contributed by atoms with Crippen molar-refractivity contribution in [3.8, 4) is 12.3 Å². The Labute approximate surface area is 113 Å². The summed E-state index contributed by atoms with van der Waals surface area (Å²) in [6.07, 6.45) is 9.47. The molecule has 0 aliphatic rings. The Morgan fingerprint density at radius 3 is 2.37 bits per heavy atom. The summed E-state index contributed by atoms with van der Waals surface area (Å²) in [5.41, 5.74) is 1.64. The van der Waals surface area contributed by atoms with Gasteiger partial charge in [0.2, 0.25) is 0 Å². The number of carboxylic acids is 1. The van der Waals surface area contributed by atoms with Crippen molar-refractivity contribution in [2.45, 2.75) is 27.2 Å². The quantitative estimate of drug-likeness (QED) is 0.346. The van der Waals surface area contributed by atoms with Crippen LogP contribution >= 0.6 is 0 Å². The Balaban J connectivity index is 5.43. The minimum absolute atomic E-state index is 0.0633. The largest absolute Gasteiger partial charge is 0.481 e. The van der Waals surface area contributed by atoms with Crippen molar-refractivity contribution in [1.29, 1.82) is 0 Å². The topological polar surface area (TPSA) is 63.6 Å². The third-order valence-corrected chi connectivity index (χ3v) is 1.93. The van der Waals surface area contributed by atoms with Crippen molar-refractivity contribution in [1.82, 2.24) is 0 Å². The molecule has 0 aromatic rings. The van der Waals surface area contributed by atoms with Crippen LogP contribution in [0, 0.1) is 12.3 Å². The molecule has 0 spiro atoms. The number of terminal acetylenes is 1. The van der Waals surface area contributed by atoms with E-state index in [-0.39, 0.29) is 12.2 Å². The van der Waals surface area contributed by atoms with Crippen molar-refractivity contribution >= 4 is 11.9 Å². The second-order valence-electron chi connectivity index (χ2n) is 3.99. The fourth-order valence-corrected chi connectivity index (χ4v) is 1.32. The first-order chi connectivity index (χ1) is 8.90. The molecule has 0 aromatic carbocycles. The van der Waals surface area contributed by atoms with Crippen LogP contribution in [0.2, 0.25) is 0 Å². The molecular weight excluding hydrogens is 244 g/mol. The van der Waals surface area contributed by atoms with E-state index in [9.17, 15) is 9.59 Å². The fraction of sp³-hybridized carbons (Fsp3) is 0.333. The van der Waals surface area contributed by atoms with Gasteiger partial charge in [-0.2, -0.15) is 0 Å². The maximum absolute atomic E-state index is 11.7. The van der Waals surface area contributed by atoms with Crippen LogP contribution in [-0.4, -0.2) is 23.7 Å². The highest BCUT2D eigenvalue weighted by Gasteiger charge is 2.14. The van der Waals surface area contributed by atoms with Crippen molar-refractivity contribution in [3.05, 3.63) is 34.9 Å². The van der Waals surface area contributed by atoms with Crippen LogP contribution < -0.4 is 0 Å². The highest BCUT2D eigenvalue weighted by Crippen LogP contribution is 2.12. The summed E-state index contributed by atoms with van der Waals surface area (Å²) in [6, 6.07) is 0. The summed E-state index contributed by atoms with van der Waals surface area (Å²) in [6.45, 7) is 5.59. The van der Waals surface area contributed by atoms with Gasteiger partial charge in [-0.25, -0.2) is 4.79 Å². The molecule has 0 saturated heterocycles. The van der Waals surface area contributed by atoms with E-state index < -0.39 is 18.4 Å². The average Bonchev–Trinajstić information content (AvgIpc) is 2.27. The number of ether oxygens (including phenoxy) is 1. The number of aliphatic carboxylic acids is 1. The summed E-state index contributed by atoms with van der Waals surface area (Å²) < 4.78 is 4.82. The number of hydrogen-bond acceptors (Lipinski definition) is 3. The Hall–Kier alpha value is -2.28. The van der Waals surface area contributed by atoms with E-state index in [1.807, 2.05) is 13.8 Å². The molecule has 0 bridgehead atoms. The van der Waals surface area contributed by atoms with Gasteiger partial charge in [0.25, 0.3) is 0 Å². The molecule has 0 radical (unpaired) electrons. The van der Waals surface area contributed by atoms with E-state index in [2.05, 4.69) is 5.92 Å². The monoisotopic (exact) mass is 262 g/mol. The van der Waals surface area contributed by atoms with Crippen molar-refractivity contribution < 1.29 is 19.4 Å². The lowest BCUT2D eigenvalue weighted by molar-refractivity contribution is -0.142. The number of rotatable bonds is 6. The molecule has 0 aliphatic heterocycles. The Morgan fingerprint density at radius 2 is 1.95 bits per heavy atom. The first-order valence-corrected chi connectivity index (χ1v) is 5.81. The summed E-state index contributed by atoms with van der Waals surface area (Å²) in [5, 5.41) is 8.80. The molecule has 0 aromatic heterocycles. The smallest absolute Gasteiger partial charge is 0.334 e.